The Hall–Kier alpha value is -0.770. The monoisotopic (exact) mass is 348 g/mol. The van der Waals surface area contributed by atoms with Crippen LogP contribution in [0, 0.1) is 0 Å². The van der Waals surface area contributed by atoms with E-state index < -0.39 is 0 Å². The first-order valence-corrected chi connectivity index (χ1v) is 9.61. The minimum atomic E-state index is -0.171. The molecule has 0 unspecified atom stereocenters. The maximum Gasteiger partial charge on any atom is 0.305 e. The first-order valence-electron chi connectivity index (χ1n) is 9.08. The van der Waals surface area contributed by atoms with Crippen LogP contribution in [0.5, 0.6) is 0 Å². The van der Waals surface area contributed by atoms with Gasteiger partial charge in [-0.25, -0.2) is 0 Å². The number of ether oxygens (including phenoxy) is 2. The summed E-state index contributed by atoms with van der Waals surface area (Å²) in [4.78, 5) is 23.0. The number of hydrogen-bond donors (Lipinski definition) is 0. The first kappa shape index (κ1) is 22.2. The molecule has 0 saturated heterocycles. The Morgan fingerprint density at radius 1 is 0.696 bits per heavy atom. The molecule has 5 heteroatoms. The molecular weight excluding hydrogens is 316 g/mol. The van der Waals surface area contributed by atoms with Gasteiger partial charge in [0.05, 0.1) is 13.2 Å². The molecule has 0 saturated carbocycles. The number of carbonyl (C=O) groups is 2. The summed E-state index contributed by atoms with van der Waals surface area (Å²) in [6.07, 6.45) is 10.6. The van der Waals surface area contributed by atoms with Crippen molar-refractivity contribution in [3.63, 3.8) is 0 Å². The van der Waals surface area contributed by atoms with Gasteiger partial charge in [0.25, 0.3) is 0 Å². The summed E-state index contributed by atoms with van der Waals surface area (Å²) in [7, 11) is 0. The first-order chi connectivity index (χ1) is 11.2. The lowest BCUT2D eigenvalue weighted by atomic mass is 10.2. The molecule has 4 nitrogen and oxygen atoms in total. The summed E-state index contributed by atoms with van der Waals surface area (Å²) in [5, 5.41) is 0. The van der Waals surface area contributed by atoms with E-state index in [1.54, 1.807) is 0 Å². The van der Waals surface area contributed by atoms with Crippen molar-refractivity contribution in [3.05, 3.63) is 0 Å². The molecule has 0 radical (unpaired) electrons. The highest BCUT2D eigenvalue weighted by Gasteiger charge is 2.06. The number of halogens is 1. The van der Waals surface area contributed by atoms with Crippen molar-refractivity contribution in [2.75, 3.05) is 19.1 Å². The molecule has 136 valence electrons. The average Bonchev–Trinajstić information content (AvgIpc) is 2.54. The second-order valence-corrected chi connectivity index (χ2v) is 6.19. The quantitative estimate of drug-likeness (QED) is 0.223. The summed E-state index contributed by atoms with van der Waals surface area (Å²) < 4.78 is 10.3. The second-order valence-electron chi connectivity index (χ2n) is 5.81. The molecule has 0 atom stereocenters. The topological polar surface area (TPSA) is 52.6 Å². The van der Waals surface area contributed by atoms with Crippen LogP contribution in [0.15, 0.2) is 0 Å². The van der Waals surface area contributed by atoms with Gasteiger partial charge in [-0.2, -0.15) is 0 Å². The minimum absolute atomic E-state index is 0.158. The van der Waals surface area contributed by atoms with Crippen molar-refractivity contribution in [2.45, 2.75) is 84.0 Å². The van der Waals surface area contributed by atoms with Gasteiger partial charge >= 0.3 is 11.9 Å². The van der Waals surface area contributed by atoms with E-state index in [0.717, 1.165) is 38.5 Å². The van der Waals surface area contributed by atoms with Gasteiger partial charge in [0.2, 0.25) is 0 Å². The van der Waals surface area contributed by atoms with Crippen LogP contribution >= 0.6 is 11.6 Å². The zero-order valence-corrected chi connectivity index (χ0v) is 15.4. The number of esters is 2. The van der Waals surface area contributed by atoms with E-state index in [9.17, 15) is 9.59 Å². The Bertz CT molecular complexity index is 295. The van der Waals surface area contributed by atoms with Gasteiger partial charge < -0.3 is 9.47 Å². The van der Waals surface area contributed by atoms with Gasteiger partial charge in [-0.15, -0.1) is 11.6 Å². The van der Waals surface area contributed by atoms with Crippen molar-refractivity contribution in [3.8, 4) is 0 Å². The van der Waals surface area contributed by atoms with Crippen LogP contribution < -0.4 is 0 Å². The fourth-order valence-corrected chi connectivity index (χ4v) is 2.32. The summed E-state index contributed by atoms with van der Waals surface area (Å²) in [5.41, 5.74) is 0. The van der Waals surface area contributed by atoms with E-state index >= 15 is 0 Å². The molecule has 0 aliphatic carbocycles. The highest BCUT2D eigenvalue weighted by Crippen LogP contribution is 2.06. The van der Waals surface area contributed by atoms with Crippen LogP contribution in [0.25, 0.3) is 0 Å². The summed E-state index contributed by atoms with van der Waals surface area (Å²) in [6, 6.07) is 0. The highest BCUT2D eigenvalue weighted by molar-refractivity contribution is 6.17. The van der Waals surface area contributed by atoms with Crippen molar-refractivity contribution in [1.82, 2.24) is 0 Å². The number of rotatable bonds is 16. The fraction of sp³-hybridized carbons (Fsp3) is 0.889. The van der Waals surface area contributed by atoms with Crippen LogP contribution in [0.3, 0.4) is 0 Å². The molecule has 0 aromatic rings. The van der Waals surface area contributed by atoms with Crippen LogP contribution in [0.2, 0.25) is 0 Å². The molecule has 23 heavy (non-hydrogen) atoms. The van der Waals surface area contributed by atoms with Crippen LogP contribution in [-0.2, 0) is 19.1 Å². The smallest absolute Gasteiger partial charge is 0.305 e. The lowest BCUT2D eigenvalue weighted by Gasteiger charge is -2.06. The zero-order valence-electron chi connectivity index (χ0n) is 14.6. The van der Waals surface area contributed by atoms with E-state index in [4.69, 9.17) is 21.1 Å². The molecule has 0 rings (SSSR count). The Labute approximate surface area is 146 Å². The van der Waals surface area contributed by atoms with Crippen molar-refractivity contribution in [2.24, 2.45) is 0 Å². The van der Waals surface area contributed by atoms with Gasteiger partial charge in [0.15, 0.2) is 0 Å². The molecule has 0 spiro atoms. The summed E-state index contributed by atoms with van der Waals surface area (Å²) >= 11 is 5.59. The Kier molecular flexibility index (Phi) is 17.0. The van der Waals surface area contributed by atoms with Gasteiger partial charge in [-0.3, -0.25) is 9.59 Å². The van der Waals surface area contributed by atoms with Gasteiger partial charge in [-0.1, -0.05) is 39.0 Å². The Balaban J connectivity index is 3.32. The van der Waals surface area contributed by atoms with Gasteiger partial charge in [0, 0.05) is 18.7 Å². The Morgan fingerprint density at radius 3 is 1.65 bits per heavy atom. The molecule has 0 aliphatic heterocycles. The predicted molar refractivity (Wildman–Crippen MR) is 93.7 cm³/mol. The lowest BCUT2D eigenvalue weighted by molar-refractivity contribution is -0.146. The third-order valence-corrected chi connectivity index (χ3v) is 3.83. The molecule has 0 amide bonds. The van der Waals surface area contributed by atoms with E-state index in [1.807, 2.05) is 0 Å². The molecule has 0 heterocycles. The van der Waals surface area contributed by atoms with Gasteiger partial charge in [-0.05, 0) is 32.1 Å². The van der Waals surface area contributed by atoms with Crippen LogP contribution in [0.1, 0.15) is 84.0 Å². The molecule has 0 fully saturated rings. The molecule has 0 aromatic heterocycles. The Morgan fingerprint density at radius 2 is 1.17 bits per heavy atom. The molecule has 0 N–H and O–H groups in total. The van der Waals surface area contributed by atoms with Crippen LogP contribution in [0.4, 0.5) is 0 Å². The zero-order chi connectivity index (χ0) is 17.2. The fourth-order valence-electron chi connectivity index (χ4n) is 2.13. The second kappa shape index (κ2) is 17.6. The molecule has 0 aromatic carbocycles. The van der Waals surface area contributed by atoms with Crippen LogP contribution in [-0.4, -0.2) is 31.0 Å². The predicted octanol–water partition coefficient (Wildman–Crippen LogP) is 5.01. The summed E-state index contributed by atoms with van der Waals surface area (Å²) in [5.74, 6) is 0.366. The number of unbranched alkanes of at least 4 members (excludes halogenated alkanes) is 7. The number of carbonyl (C=O) groups excluding carboxylic acids is 2. The number of hydrogen-bond acceptors (Lipinski definition) is 4. The number of alkyl halides is 1. The van der Waals surface area contributed by atoms with Gasteiger partial charge in [0.1, 0.15) is 0 Å². The molecule has 0 bridgehead atoms. The maximum atomic E-state index is 11.5. The maximum absolute atomic E-state index is 11.5. The lowest BCUT2D eigenvalue weighted by Crippen LogP contribution is -2.08. The largest absolute Gasteiger partial charge is 0.466 e. The summed E-state index contributed by atoms with van der Waals surface area (Å²) in [6.45, 7) is 3.16. The van der Waals surface area contributed by atoms with Crippen molar-refractivity contribution in [1.29, 1.82) is 0 Å². The normalized spacial score (nSPS) is 10.5. The molecular formula is C18H33ClO4. The van der Waals surface area contributed by atoms with E-state index in [1.165, 1.54) is 12.8 Å². The minimum Gasteiger partial charge on any atom is -0.466 e. The third kappa shape index (κ3) is 17.4. The molecule has 0 aliphatic rings. The van der Waals surface area contributed by atoms with Crippen molar-refractivity contribution < 1.29 is 19.1 Å². The standard InChI is InChI=1S/C18H33ClO4/c1-2-3-4-10-15-22-17(20)12-7-8-13-18(21)23-16-11-6-5-9-14-19/h2-16H2,1H3. The van der Waals surface area contributed by atoms with E-state index in [-0.39, 0.29) is 11.9 Å². The van der Waals surface area contributed by atoms with Crippen molar-refractivity contribution >= 4 is 23.5 Å². The van der Waals surface area contributed by atoms with E-state index in [0.29, 0.717) is 44.8 Å². The third-order valence-electron chi connectivity index (χ3n) is 3.56. The average molecular weight is 349 g/mol. The SMILES string of the molecule is CCCCCCOC(=O)CCCCC(=O)OCCCCCCCl. The van der Waals surface area contributed by atoms with E-state index in [2.05, 4.69) is 6.92 Å². The highest BCUT2D eigenvalue weighted by atomic mass is 35.5.